The Labute approximate surface area is 118 Å². The first-order valence-corrected chi connectivity index (χ1v) is 7.49. The minimum Gasteiger partial charge on any atom is -0.339 e. The SMILES string of the molecule is C=C(CNCC)CN1CCC(C(C)(C)C)CCC1=O. The first kappa shape index (κ1) is 16.2. The van der Waals surface area contributed by atoms with Gasteiger partial charge in [0.05, 0.1) is 0 Å². The molecule has 1 amide bonds. The van der Waals surface area contributed by atoms with Crippen LogP contribution < -0.4 is 5.32 Å². The molecule has 1 fully saturated rings. The number of likely N-dealkylation sites (tertiary alicyclic amines) is 1. The smallest absolute Gasteiger partial charge is 0.222 e. The Morgan fingerprint density at radius 2 is 2.11 bits per heavy atom. The number of rotatable bonds is 5. The van der Waals surface area contributed by atoms with Crippen LogP contribution in [0.3, 0.4) is 0 Å². The van der Waals surface area contributed by atoms with E-state index in [2.05, 4.69) is 39.6 Å². The van der Waals surface area contributed by atoms with Crippen molar-refractivity contribution in [3.05, 3.63) is 12.2 Å². The van der Waals surface area contributed by atoms with E-state index in [0.717, 1.165) is 38.0 Å². The molecule has 1 unspecified atom stereocenters. The second-order valence-electron chi connectivity index (χ2n) is 6.74. The molecule has 0 saturated carbocycles. The van der Waals surface area contributed by atoms with E-state index in [9.17, 15) is 4.79 Å². The molecule has 1 saturated heterocycles. The topological polar surface area (TPSA) is 32.3 Å². The summed E-state index contributed by atoms with van der Waals surface area (Å²) in [5.41, 5.74) is 1.40. The van der Waals surface area contributed by atoms with Crippen LogP contribution in [0, 0.1) is 11.3 Å². The zero-order valence-corrected chi connectivity index (χ0v) is 13.1. The molecule has 19 heavy (non-hydrogen) atoms. The molecule has 1 rings (SSSR count). The van der Waals surface area contributed by atoms with Gasteiger partial charge >= 0.3 is 0 Å². The highest BCUT2D eigenvalue weighted by atomic mass is 16.2. The standard InChI is InChI=1S/C16H30N2O/c1-6-17-11-13(2)12-18-10-9-14(16(3,4)5)7-8-15(18)19/h14,17H,2,6-12H2,1,3-5H3. The van der Waals surface area contributed by atoms with Crippen LogP contribution in [0.25, 0.3) is 0 Å². The van der Waals surface area contributed by atoms with Crippen molar-refractivity contribution in [1.82, 2.24) is 10.2 Å². The molecular weight excluding hydrogens is 236 g/mol. The first-order valence-electron chi connectivity index (χ1n) is 7.49. The molecule has 1 heterocycles. The molecule has 0 aromatic rings. The van der Waals surface area contributed by atoms with Gasteiger partial charge in [-0.1, -0.05) is 34.3 Å². The van der Waals surface area contributed by atoms with Crippen LogP contribution in [0.15, 0.2) is 12.2 Å². The van der Waals surface area contributed by atoms with Crippen molar-refractivity contribution in [3.8, 4) is 0 Å². The summed E-state index contributed by atoms with van der Waals surface area (Å²) in [5, 5.41) is 3.26. The Hall–Kier alpha value is -0.830. The lowest BCUT2D eigenvalue weighted by Crippen LogP contribution is -2.34. The maximum Gasteiger partial charge on any atom is 0.222 e. The summed E-state index contributed by atoms with van der Waals surface area (Å²) in [6.45, 7) is 16.3. The highest BCUT2D eigenvalue weighted by molar-refractivity contribution is 5.76. The quantitative estimate of drug-likeness (QED) is 0.776. The largest absolute Gasteiger partial charge is 0.339 e. The van der Waals surface area contributed by atoms with E-state index in [1.54, 1.807) is 0 Å². The third-order valence-corrected chi connectivity index (χ3v) is 4.07. The summed E-state index contributed by atoms with van der Waals surface area (Å²) in [4.78, 5) is 14.2. The molecule has 0 aromatic carbocycles. The number of hydrogen-bond donors (Lipinski definition) is 1. The van der Waals surface area contributed by atoms with E-state index >= 15 is 0 Å². The van der Waals surface area contributed by atoms with Crippen LogP contribution in [-0.4, -0.2) is 37.0 Å². The summed E-state index contributed by atoms with van der Waals surface area (Å²) < 4.78 is 0. The molecule has 0 bridgehead atoms. The minimum absolute atomic E-state index is 0.296. The predicted octanol–water partition coefficient (Wildman–Crippen LogP) is 2.83. The second-order valence-corrected chi connectivity index (χ2v) is 6.74. The fourth-order valence-corrected chi connectivity index (χ4v) is 2.70. The van der Waals surface area contributed by atoms with Gasteiger partial charge in [0.2, 0.25) is 5.91 Å². The van der Waals surface area contributed by atoms with E-state index in [1.165, 1.54) is 0 Å². The van der Waals surface area contributed by atoms with Crippen LogP contribution in [-0.2, 0) is 4.79 Å². The highest BCUT2D eigenvalue weighted by Gasteiger charge is 2.29. The van der Waals surface area contributed by atoms with Gasteiger partial charge in [-0.3, -0.25) is 4.79 Å². The Morgan fingerprint density at radius 1 is 1.42 bits per heavy atom. The molecule has 0 spiro atoms. The molecule has 1 aliphatic rings. The fourth-order valence-electron chi connectivity index (χ4n) is 2.70. The van der Waals surface area contributed by atoms with Gasteiger partial charge in [0, 0.05) is 26.1 Å². The maximum atomic E-state index is 12.2. The number of likely N-dealkylation sites (N-methyl/N-ethyl adjacent to an activating group) is 1. The Balaban J connectivity index is 2.52. The van der Waals surface area contributed by atoms with Crippen molar-refractivity contribution < 1.29 is 4.79 Å². The Morgan fingerprint density at radius 3 is 2.68 bits per heavy atom. The minimum atomic E-state index is 0.296. The maximum absolute atomic E-state index is 12.2. The molecule has 3 nitrogen and oxygen atoms in total. The predicted molar refractivity (Wildman–Crippen MR) is 81.1 cm³/mol. The average Bonchev–Trinajstić information content (AvgIpc) is 2.49. The van der Waals surface area contributed by atoms with Crippen molar-refractivity contribution in [2.45, 2.75) is 47.0 Å². The molecule has 0 aromatic heterocycles. The molecule has 1 atom stereocenters. The van der Waals surface area contributed by atoms with Gasteiger partial charge in [0.15, 0.2) is 0 Å². The van der Waals surface area contributed by atoms with Gasteiger partial charge < -0.3 is 10.2 Å². The summed E-state index contributed by atoms with van der Waals surface area (Å²) in [6.07, 6.45) is 2.83. The summed E-state index contributed by atoms with van der Waals surface area (Å²) in [7, 11) is 0. The van der Waals surface area contributed by atoms with Gasteiger partial charge in [0.25, 0.3) is 0 Å². The third-order valence-electron chi connectivity index (χ3n) is 4.07. The van der Waals surface area contributed by atoms with Crippen molar-refractivity contribution >= 4 is 5.91 Å². The Kier molecular flexibility index (Phi) is 6.05. The molecule has 1 N–H and O–H groups in total. The van der Waals surface area contributed by atoms with E-state index in [0.29, 0.717) is 30.2 Å². The monoisotopic (exact) mass is 266 g/mol. The number of carbonyl (C=O) groups is 1. The van der Waals surface area contributed by atoms with Gasteiger partial charge in [-0.15, -0.1) is 0 Å². The molecule has 1 aliphatic heterocycles. The van der Waals surface area contributed by atoms with Crippen molar-refractivity contribution in [2.24, 2.45) is 11.3 Å². The van der Waals surface area contributed by atoms with E-state index in [-0.39, 0.29) is 0 Å². The van der Waals surface area contributed by atoms with Crippen LogP contribution in [0.5, 0.6) is 0 Å². The van der Waals surface area contributed by atoms with Crippen molar-refractivity contribution in [2.75, 3.05) is 26.2 Å². The van der Waals surface area contributed by atoms with Gasteiger partial charge in [-0.05, 0) is 36.3 Å². The fraction of sp³-hybridized carbons (Fsp3) is 0.812. The van der Waals surface area contributed by atoms with Crippen LogP contribution >= 0.6 is 0 Å². The lowest BCUT2D eigenvalue weighted by molar-refractivity contribution is -0.130. The number of nitrogens with one attached hydrogen (secondary N) is 1. The number of nitrogens with zero attached hydrogens (tertiary/aromatic N) is 1. The Bertz CT molecular complexity index is 317. The van der Waals surface area contributed by atoms with Crippen LogP contribution in [0.1, 0.15) is 47.0 Å². The molecule has 3 heteroatoms. The normalized spacial score (nSPS) is 21.4. The molecule has 0 radical (unpaired) electrons. The first-order chi connectivity index (χ1) is 8.84. The highest BCUT2D eigenvalue weighted by Crippen LogP contribution is 2.34. The number of hydrogen-bond acceptors (Lipinski definition) is 2. The van der Waals surface area contributed by atoms with Crippen LogP contribution in [0.2, 0.25) is 0 Å². The van der Waals surface area contributed by atoms with Gasteiger partial charge in [-0.2, -0.15) is 0 Å². The van der Waals surface area contributed by atoms with E-state index in [4.69, 9.17) is 0 Å². The van der Waals surface area contributed by atoms with Gasteiger partial charge in [0.1, 0.15) is 0 Å². The summed E-state index contributed by atoms with van der Waals surface area (Å²) >= 11 is 0. The zero-order chi connectivity index (χ0) is 14.5. The van der Waals surface area contributed by atoms with Gasteiger partial charge in [-0.25, -0.2) is 0 Å². The molecule has 110 valence electrons. The number of amides is 1. The van der Waals surface area contributed by atoms with Crippen molar-refractivity contribution in [3.63, 3.8) is 0 Å². The average molecular weight is 266 g/mol. The summed E-state index contributed by atoms with van der Waals surface area (Å²) in [5.74, 6) is 0.938. The molecular formula is C16H30N2O. The lowest BCUT2D eigenvalue weighted by atomic mass is 9.77. The summed E-state index contributed by atoms with van der Waals surface area (Å²) in [6, 6.07) is 0. The van der Waals surface area contributed by atoms with E-state index < -0.39 is 0 Å². The van der Waals surface area contributed by atoms with Crippen LogP contribution in [0.4, 0.5) is 0 Å². The lowest BCUT2D eigenvalue weighted by Gasteiger charge is -2.29. The third kappa shape index (κ3) is 5.35. The van der Waals surface area contributed by atoms with Crippen molar-refractivity contribution in [1.29, 1.82) is 0 Å². The van der Waals surface area contributed by atoms with E-state index in [1.807, 2.05) is 4.90 Å². The molecule has 0 aliphatic carbocycles. The second kappa shape index (κ2) is 7.09. The zero-order valence-electron chi connectivity index (χ0n) is 13.1. The number of carbonyl (C=O) groups excluding carboxylic acids is 1.